The molecule has 0 bridgehead atoms. The van der Waals surface area contributed by atoms with Crippen LogP contribution in [0.1, 0.15) is 27.9 Å². The highest BCUT2D eigenvalue weighted by Gasteiger charge is 2.33. The number of halogens is 1. The molecule has 7 rings (SSSR count). The van der Waals surface area contributed by atoms with E-state index < -0.39 is 26.5 Å². The Balaban J connectivity index is 0.00000497. The average Bonchev–Trinajstić information content (AvgIpc) is 3.17. The summed E-state index contributed by atoms with van der Waals surface area (Å²) in [7, 11) is -4.40. The van der Waals surface area contributed by atoms with Gasteiger partial charge in [0.25, 0.3) is 21.6 Å². The maximum atomic E-state index is 13.3. The lowest BCUT2D eigenvalue weighted by Crippen LogP contribution is -2.54. The second-order valence-electron chi connectivity index (χ2n) is 12.9. The Bertz CT molecular complexity index is 2210. The molecule has 1 unspecified atom stereocenters. The van der Waals surface area contributed by atoms with E-state index in [-0.39, 0.29) is 28.6 Å². The zero-order chi connectivity index (χ0) is 36.8. The molecule has 1 fully saturated rings. The van der Waals surface area contributed by atoms with Gasteiger partial charge in [0.15, 0.2) is 0 Å². The van der Waals surface area contributed by atoms with Crippen molar-refractivity contribution in [3.8, 4) is 11.5 Å². The molecule has 2 aliphatic heterocycles. The number of nitro groups is 1. The minimum Gasteiger partial charge on any atom is -0.457 e. The van der Waals surface area contributed by atoms with Gasteiger partial charge in [0.2, 0.25) is 0 Å². The van der Waals surface area contributed by atoms with E-state index in [1.165, 1.54) is 12.1 Å². The Morgan fingerprint density at radius 1 is 0.907 bits per heavy atom. The molecule has 0 aromatic heterocycles. The van der Waals surface area contributed by atoms with Crippen LogP contribution in [-0.2, 0) is 23.0 Å². The molecule has 0 aliphatic carbocycles. The van der Waals surface area contributed by atoms with E-state index in [0.29, 0.717) is 18.3 Å². The standard InChI is InChI=1S/C40H39N5O6S2.ClH/c46-40(42-53(49,50)35-18-19-36(38(26-35)45(47)48)41-21-24-52-34-12-5-2-6-13-34)30-16-20-37-29(25-30)15-17-32-28-43(22-23-44(32)37)27-31-9-7-8-14-39(31)51-33-10-3-1-4-11-33;/h1-14,16,18-20,25-26,32,41H,15,17,21-24,27-28H2,(H,42,46);1H. The highest BCUT2D eigenvalue weighted by molar-refractivity contribution is 7.99. The zero-order valence-corrected chi connectivity index (χ0v) is 31.7. The van der Waals surface area contributed by atoms with Gasteiger partial charge in [-0.25, -0.2) is 13.1 Å². The van der Waals surface area contributed by atoms with Crippen LogP contribution in [0.5, 0.6) is 11.5 Å². The van der Waals surface area contributed by atoms with Gasteiger partial charge in [0, 0.05) is 72.3 Å². The average molecular weight is 786 g/mol. The number of sulfonamides is 1. The predicted molar refractivity (Wildman–Crippen MR) is 215 cm³/mol. The van der Waals surface area contributed by atoms with Crippen molar-refractivity contribution in [3.05, 3.63) is 148 Å². The first-order valence-electron chi connectivity index (χ1n) is 17.4. The van der Waals surface area contributed by atoms with Crippen LogP contribution >= 0.6 is 24.2 Å². The normalized spacial score (nSPS) is 15.3. The number of para-hydroxylation sites is 2. The van der Waals surface area contributed by atoms with Gasteiger partial charge in [-0.15, -0.1) is 24.2 Å². The molecule has 11 nitrogen and oxygen atoms in total. The summed E-state index contributed by atoms with van der Waals surface area (Å²) < 4.78 is 34.9. The molecule has 1 amide bonds. The molecule has 0 spiro atoms. The lowest BCUT2D eigenvalue weighted by atomic mass is 9.92. The molecule has 0 saturated carbocycles. The molecule has 14 heteroatoms. The van der Waals surface area contributed by atoms with Gasteiger partial charge in [0.05, 0.1) is 9.82 Å². The summed E-state index contributed by atoms with van der Waals surface area (Å²) in [5.41, 5.74) is 3.18. The third kappa shape index (κ3) is 9.16. The minimum atomic E-state index is -4.40. The molecule has 1 saturated heterocycles. The predicted octanol–water partition coefficient (Wildman–Crippen LogP) is 7.77. The summed E-state index contributed by atoms with van der Waals surface area (Å²) in [5.74, 6) is 1.50. The number of hydrogen-bond donors (Lipinski definition) is 2. The van der Waals surface area contributed by atoms with E-state index >= 15 is 0 Å². The van der Waals surface area contributed by atoms with Crippen molar-refractivity contribution in [2.75, 3.05) is 42.1 Å². The fourth-order valence-electron chi connectivity index (χ4n) is 6.84. The van der Waals surface area contributed by atoms with Gasteiger partial charge in [-0.3, -0.25) is 19.8 Å². The fourth-order valence-corrected chi connectivity index (χ4v) is 8.62. The van der Waals surface area contributed by atoms with E-state index in [1.807, 2.05) is 84.9 Å². The number of carbonyl (C=O) groups is 1. The van der Waals surface area contributed by atoms with Crippen LogP contribution in [0.15, 0.2) is 131 Å². The number of carbonyl (C=O) groups excluding carboxylic acids is 1. The number of piperazine rings is 1. The summed E-state index contributed by atoms with van der Waals surface area (Å²) >= 11 is 1.60. The van der Waals surface area contributed by atoms with Crippen LogP contribution in [-0.4, -0.2) is 62.1 Å². The van der Waals surface area contributed by atoms with E-state index in [9.17, 15) is 23.3 Å². The maximum absolute atomic E-state index is 13.3. The molecule has 2 N–H and O–H groups in total. The quantitative estimate of drug-likeness (QED) is 0.0528. The van der Waals surface area contributed by atoms with Crippen molar-refractivity contribution < 1.29 is 22.9 Å². The summed E-state index contributed by atoms with van der Waals surface area (Å²) in [6.07, 6.45) is 1.64. The number of thioether (sulfide) groups is 1. The summed E-state index contributed by atoms with van der Waals surface area (Å²) in [5, 5.41) is 14.9. The van der Waals surface area contributed by atoms with Gasteiger partial charge in [-0.2, -0.15) is 0 Å². The summed E-state index contributed by atoms with van der Waals surface area (Å²) in [4.78, 5) is 30.1. The third-order valence-electron chi connectivity index (χ3n) is 9.44. The number of ether oxygens (including phenoxy) is 1. The van der Waals surface area contributed by atoms with Gasteiger partial charge in [0.1, 0.15) is 17.2 Å². The monoisotopic (exact) mass is 785 g/mol. The van der Waals surface area contributed by atoms with Crippen LogP contribution < -0.4 is 19.7 Å². The Kier molecular flexibility index (Phi) is 12.4. The molecule has 2 heterocycles. The first-order chi connectivity index (χ1) is 25.7. The topological polar surface area (TPSA) is 134 Å². The lowest BCUT2D eigenvalue weighted by Gasteiger charge is -2.46. The molecule has 0 radical (unpaired) electrons. The molecular weight excluding hydrogens is 746 g/mol. The number of fused-ring (bicyclic) bond motifs is 3. The number of benzene rings is 5. The molecule has 54 heavy (non-hydrogen) atoms. The Morgan fingerprint density at radius 3 is 2.43 bits per heavy atom. The van der Waals surface area contributed by atoms with Gasteiger partial charge < -0.3 is 15.0 Å². The summed E-state index contributed by atoms with van der Waals surface area (Å²) in [6.45, 7) is 3.74. The van der Waals surface area contributed by atoms with Crippen molar-refractivity contribution in [1.82, 2.24) is 9.62 Å². The van der Waals surface area contributed by atoms with Crippen LogP contribution in [0, 0.1) is 10.1 Å². The zero-order valence-electron chi connectivity index (χ0n) is 29.3. The van der Waals surface area contributed by atoms with Crippen LogP contribution in [0.2, 0.25) is 0 Å². The van der Waals surface area contributed by atoms with Gasteiger partial charge in [-0.05, 0) is 79.1 Å². The number of nitrogens with zero attached hydrogens (tertiary/aromatic N) is 3. The lowest BCUT2D eigenvalue weighted by molar-refractivity contribution is -0.384. The number of hydrogen-bond acceptors (Lipinski definition) is 10. The number of nitro benzene ring substituents is 1. The molecule has 5 aromatic carbocycles. The van der Waals surface area contributed by atoms with E-state index in [4.69, 9.17) is 4.74 Å². The second-order valence-corrected chi connectivity index (χ2v) is 15.8. The maximum Gasteiger partial charge on any atom is 0.293 e. The number of rotatable bonds is 13. The van der Waals surface area contributed by atoms with Crippen molar-refractivity contribution in [2.45, 2.75) is 35.2 Å². The van der Waals surface area contributed by atoms with Crippen molar-refractivity contribution >= 4 is 57.2 Å². The van der Waals surface area contributed by atoms with Crippen molar-refractivity contribution in [3.63, 3.8) is 0 Å². The first-order valence-corrected chi connectivity index (χ1v) is 19.9. The molecule has 5 aromatic rings. The van der Waals surface area contributed by atoms with E-state index in [0.717, 1.165) is 78.3 Å². The van der Waals surface area contributed by atoms with Crippen molar-refractivity contribution in [1.29, 1.82) is 0 Å². The molecular formula is C40H40ClN5O6S2. The Labute approximate surface area is 325 Å². The van der Waals surface area contributed by atoms with Crippen molar-refractivity contribution in [2.24, 2.45) is 0 Å². The number of nitrogens with one attached hydrogen (secondary N) is 2. The first kappa shape index (κ1) is 38.6. The second kappa shape index (κ2) is 17.4. The number of amides is 1. The smallest absolute Gasteiger partial charge is 0.293 e. The van der Waals surface area contributed by atoms with Gasteiger partial charge in [-0.1, -0.05) is 54.6 Å². The Hall–Kier alpha value is -5.08. The fraction of sp³-hybridized carbons (Fsp3) is 0.225. The van der Waals surface area contributed by atoms with Gasteiger partial charge >= 0.3 is 0 Å². The molecule has 2 aliphatic rings. The summed E-state index contributed by atoms with van der Waals surface area (Å²) in [6, 6.07) is 36.8. The largest absolute Gasteiger partial charge is 0.457 e. The minimum absolute atomic E-state index is 0. The SMILES string of the molecule is Cl.O=C(NS(=O)(=O)c1ccc(NCCSc2ccccc2)c([N+](=O)[O-])c1)c1ccc2c(c1)CCC1CN(Cc3ccccc3Oc3ccccc3)CCN21. The number of aryl methyl sites for hydroxylation is 1. The Morgan fingerprint density at radius 2 is 1.65 bits per heavy atom. The molecule has 280 valence electrons. The van der Waals surface area contributed by atoms with Crippen LogP contribution in [0.4, 0.5) is 17.1 Å². The highest BCUT2D eigenvalue weighted by Crippen LogP contribution is 2.35. The van der Waals surface area contributed by atoms with Crippen LogP contribution in [0.3, 0.4) is 0 Å². The van der Waals surface area contributed by atoms with E-state index in [2.05, 4.69) is 25.9 Å². The van der Waals surface area contributed by atoms with Crippen LogP contribution in [0.25, 0.3) is 0 Å². The van der Waals surface area contributed by atoms with E-state index in [1.54, 1.807) is 23.9 Å². The highest BCUT2D eigenvalue weighted by atomic mass is 35.5. The number of anilines is 2. The third-order valence-corrected chi connectivity index (χ3v) is 11.8. The molecule has 1 atom stereocenters.